The lowest BCUT2D eigenvalue weighted by Gasteiger charge is -2.15. The van der Waals surface area contributed by atoms with Gasteiger partial charge in [-0.25, -0.2) is 9.97 Å². The molecule has 0 bridgehead atoms. The van der Waals surface area contributed by atoms with Crippen molar-refractivity contribution in [3.05, 3.63) is 71.1 Å². The van der Waals surface area contributed by atoms with E-state index in [0.717, 1.165) is 41.5 Å². The topological polar surface area (TPSA) is 103 Å². The number of rotatable bonds is 5. The second kappa shape index (κ2) is 8.34. The molecule has 0 aliphatic carbocycles. The molecule has 0 spiro atoms. The molecule has 32 heavy (non-hydrogen) atoms. The minimum absolute atomic E-state index is 0.345. The number of nitrogens with zero attached hydrogens (tertiary/aromatic N) is 2. The molecule has 1 aliphatic heterocycles. The number of aromatic nitrogens is 2. The van der Waals surface area contributed by atoms with E-state index < -0.39 is 5.91 Å². The first kappa shape index (κ1) is 20.1. The van der Waals surface area contributed by atoms with Gasteiger partial charge in [0.15, 0.2) is 17.4 Å². The smallest absolute Gasteiger partial charge is 0.252 e. The summed E-state index contributed by atoms with van der Waals surface area (Å²) >= 11 is 0. The second-order valence-electron chi connectivity index (χ2n) is 7.90. The monoisotopic (exact) mass is 428 g/mol. The highest BCUT2D eigenvalue weighted by Gasteiger charge is 2.24. The molecule has 0 fully saturated rings. The van der Waals surface area contributed by atoms with E-state index in [1.165, 1.54) is 0 Å². The van der Waals surface area contributed by atoms with Gasteiger partial charge in [-0.15, -0.1) is 0 Å². The SMILES string of the molecule is Cc1oc2c(C(N)=O)cccc2c1-c1nc2c(c(NCc3ccccc3)n1)OCCCC2. The third kappa shape index (κ3) is 3.66. The molecule has 4 aromatic rings. The zero-order chi connectivity index (χ0) is 22.1. The highest BCUT2D eigenvalue weighted by atomic mass is 16.5. The van der Waals surface area contributed by atoms with Crippen LogP contribution in [0.5, 0.6) is 5.75 Å². The van der Waals surface area contributed by atoms with Crippen molar-refractivity contribution in [1.82, 2.24) is 9.97 Å². The van der Waals surface area contributed by atoms with Crippen LogP contribution in [0.2, 0.25) is 0 Å². The van der Waals surface area contributed by atoms with E-state index in [9.17, 15) is 4.79 Å². The summed E-state index contributed by atoms with van der Waals surface area (Å²) in [5, 5.41) is 4.20. The molecule has 1 amide bonds. The number of amides is 1. The zero-order valence-corrected chi connectivity index (χ0v) is 17.9. The summed E-state index contributed by atoms with van der Waals surface area (Å²) in [6.07, 6.45) is 2.78. The van der Waals surface area contributed by atoms with Crippen molar-refractivity contribution in [3.63, 3.8) is 0 Å². The molecule has 2 aromatic carbocycles. The van der Waals surface area contributed by atoms with Crippen molar-refractivity contribution in [3.8, 4) is 17.1 Å². The van der Waals surface area contributed by atoms with Gasteiger partial charge < -0.3 is 20.2 Å². The van der Waals surface area contributed by atoms with Crippen LogP contribution in [-0.2, 0) is 13.0 Å². The number of nitrogens with one attached hydrogen (secondary N) is 1. The van der Waals surface area contributed by atoms with E-state index >= 15 is 0 Å². The van der Waals surface area contributed by atoms with Gasteiger partial charge in [-0.1, -0.05) is 42.5 Å². The van der Waals surface area contributed by atoms with Crippen LogP contribution in [-0.4, -0.2) is 22.5 Å². The Hall–Kier alpha value is -3.87. The largest absolute Gasteiger partial charge is 0.488 e. The maximum atomic E-state index is 11.9. The normalized spacial score (nSPS) is 13.3. The van der Waals surface area contributed by atoms with Crippen LogP contribution < -0.4 is 15.8 Å². The quantitative estimate of drug-likeness (QED) is 0.481. The summed E-state index contributed by atoms with van der Waals surface area (Å²) < 4.78 is 12.0. The molecule has 0 saturated carbocycles. The van der Waals surface area contributed by atoms with Crippen LogP contribution in [0, 0.1) is 6.92 Å². The number of para-hydroxylation sites is 1. The number of nitrogens with two attached hydrogens (primary N) is 1. The first-order valence-corrected chi connectivity index (χ1v) is 10.8. The Morgan fingerprint density at radius 3 is 2.75 bits per heavy atom. The maximum absolute atomic E-state index is 11.9. The molecule has 3 heterocycles. The van der Waals surface area contributed by atoms with Gasteiger partial charge in [0, 0.05) is 11.9 Å². The summed E-state index contributed by atoms with van der Waals surface area (Å²) in [5.41, 5.74) is 9.14. The highest BCUT2D eigenvalue weighted by Crippen LogP contribution is 2.38. The van der Waals surface area contributed by atoms with Gasteiger partial charge in [-0.3, -0.25) is 4.79 Å². The Bertz CT molecular complexity index is 1300. The number of ether oxygens (including phenoxy) is 1. The Morgan fingerprint density at radius 1 is 1.09 bits per heavy atom. The number of aryl methyl sites for hydroxylation is 2. The van der Waals surface area contributed by atoms with Crippen LogP contribution in [0.4, 0.5) is 5.82 Å². The van der Waals surface area contributed by atoms with Gasteiger partial charge in [-0.2, -0.15) is 0 Å². The van der Waals surface area contributed by atoms with E-state index in [0.29, 0.717) is 47.5 Å². The molecule has 0 unspecified atom stereocenters. The highest BCUT2D eigenvalue weighted by molar-refractivity contribution is 6.07. The number of carbonyl (C=O) groups excluding carboxylic acids is 1. The Morgan fingerprint density at radius 2 is 1.94 bits per heavy atom. The third-order valence-electron chi connectivity index (χ3n) is 5.67. The number of benzene rings is 2. The van der Waals surface area contributed by atoms with Gasteiger partial charge in [-0.05, 0) is 37.8 Å². The Balaban J connectivity index is 1.63. The average Bonchev–Trinajstić information content (AvgIpc) is 2.96. The van der Waals surface area contributed by atoms with Gasteiger partial charge in [0.2, 0.25) is 0 Å². The fourth-order valence-electron chi connectivity index (χ4n) is 4.11. The second-order valence-corrected chi connectivity index (χ2v) is 7.90. The summed E-state index contributed by atoms with van der Waals surface area (Å²) in [6, 6.07) is 15.5. The third-order valence-corrected chi connectivity index (χ3v) is 5.67. The number of anilines is 1. The molecule has 0 atom stereocenters. The number of furan rings is 1. The number of primary amides is 1. The Kier molecular flexibility index (Phi) is 5.23. The number of fused-ring (bicyclic) bond motifs is 2. The zero-order valence-electron chi connectivity index (χ0n) is 17.9. The number of carbonyl (C=O) groups is 1. The predicted octanol–water partition coefficient (Wildman–Crippen LogP) is 4.62. The maximum Gasteiger partial charge on any atom is 0.252 e. The lowest BCUT2D eigenvalue weighted by atomic mass is 10.1. The van der Waals surface area contributed by atoms with E-state index in [2.05, 4.69) is 17.4 Å². The lowest BCUT2D eigenvalue weighted by molar-refractivity contribution is 0.100. The first-order chi connectivity index (χ1) is 15.6. The molecule has 0 radical (unpaired) electrons. The first-order valence-electron chi connectivity index (χ1n) is 10.8. The van der Waals surface area contributed by atoms with Crippen LogP contribution >= 0.6 is 0 Å². The predicted molar refractivity (Wildman–Crippen MR) is 123 cm³/mol. The fraction of sp³-hybridized carbons (Fsp3) is 0.240. The van der Waals surface area contributed by atoms with E-state index in [1.54, 1.807) is 12.1 Å². The van der Waals surface area contributed by atoms with Crippen molar-refractivity contribution < 1.29 is 13.9 Å². The lowest BCUT2D eigenvalue weighted by Crippen LogP contribution is -2.10. The molecule has 3 N–H and O–H groups in total. The van der Waals surface area contributed by atoms with Crippen LogP contribution in [0.1, 0.15) is 40.2 Å². The van der Waals surface area contributed by atoms with E-state index in [-0.39, 0.29) is 0 Å². The van der Waals surface area contributed by atoms with Crippen molar-refractivity contribution in [2.45, 2.75) is 32.7 Å². The van der Waals surface area contributed by atoms with Crippen molar-refractivity contribution >= 4 is 22.7 Å². The molecule has 7 nitrogen and oxygen atoms in total. The summed E-state index contributed by atoms with van der Waals surface area (Å²) in [4.78, 5) is 21.6. The van der Waals surface area contributed by atoms with Gasteiger partial charge in [0.1, 0.15) is 11.3 Å². The van der Waals surface area contributed by atoms with E-state index in [1.807, 2.05) is 31.2 Å². The van der Waals surface area contributed by atoms with Crippen LogP contribution in [0.25, 0.3) is 22.4 Å². The summed E-state index contributed by atoms with van der Waals surface area (Å²) in [6.45, 7) is 3.11. The standard InChI is InChI=1S/C25H24N4O3/c1-15-20(17-10-7-11-18(23(26)30)21(17)32-15)24-28-19-12-5-6-13-31-22(19)25(29-24)27-14-16-8-3-2-4-9-16/h2-4,7-11H,5-6,12-14H2,1H3,(H2,26,30)(H,27,28,29). The molecule has 0 saturated heterocycles. The van der Waals surface area contributed by atoms with Crippen LogP contribution in [0.3, 0.4) is 0 Å². The van der Waals surface area contributed by atoms with Crippen molar-refractivity contribution in [1.29, 1.82) is 0 Å². The molecule has 2 aromatic heterocycles. The van der Waals surface area contributed by atoms with Gasteiger partial charge >= 0.3 is 0 Å². The Labute approximate surface area is 185 Å². The van der Waals surface area contributed by atoms with Crippen molar-refractivity contribution in [2.24, 2.45) is 5.73 Å². The van der Waals surface area contributed by atoms with Gasteiger partial charge in [0.05, 0.1) is 23.4 Å². The molecular weight excluding hydrogens is 404 g/mol. The fourth-order valence-corrected chi connectivity index (χ4v) is 4.11. The molecule has 5 rings (SSSR count). The minimum atomic E-state index is -0.530. The molecular formula is C25H24N4O3. The van der Waals surface area contributed by atoms with Gasteiger partial charge in [0.25, 0.3) is 5.91 Å². The average molecular weight is 428 g/mol. The molecule has 1 aliphatic rings. The minimum Gasteiger partial charge on any atom is -0.488 e. The summed E-state index contributed by atoms with van der Waals surface area (Å²) in [5.74, 6) is 2.03. The molecule has 162 valence electrons. The van der Waals surface area contributed by atoms with Crippen LogP contribution in [0.15, 0.2) is 52.9 Å². The number of hydrogen-bond donors (Lipinski definition) is 2. The number of hydrogen-bond acceptors (Lipinski definition) is 6. The summed E-state index contributed by atoms with van der Waals surface area (Å²) in [7, 11) is 0. The van der Waals surface area contributed by atoms with E-state index in [4.69, 9.17) is 24.9 Å². The van der Waals surface area contributed by atoms with Crippen molar-refractivity contribution in [2.75, 3.05) is 11.9 Å². The molecule has 7 heteroatoms.